The first-order chi connectivity index (χ1) is 8.58. The van der Waals surface area contributed by atoms with Gasteiger partial charge in [0, 0.05) is 11.6 Å². The first kappa shape index (κ1) is 12.9. The van der Waals surface area contributed by atoms with Crippen LogP contribution in [0.15, 0.2) is 0 Å². The van der Waals surface area contributed by atoms with Crippen molar-refractivity contribution in [2.24, 2.45) is 17.8 Å². The average Bonchev–Trinajstić information content (AvgIpc) is 2.34. The highest BCUT2D eigenvalue weighted by Crippen LogP contribution is 2.40. The number of fused-ring (bicyclic) bond motifs is 1. The fourth-order valence-corrected chi connectivity index (χ4v) is 4.46. The molecule has 2 aliphatic carbocycles. The summed E-state index contributed by atoms with van der Waals surface area (Å²) >= 11 is 0. The molecule has 2 heteroatoms. The van der Waals surface area contributed by atoms with Crippen LogP contribution in [0.4, 0.5) is 0 Å². The summed E-state index contributed by atoms with van der Waals surface area (Å²) < 4.78 is 6.29. The van der Waals surface area contributed by atoms with Crippen molar-refractivity contribution >= 4 is 0 Å². The predicted molar refractivity (Wildman–Crippen MR) is 74.6 cm³/mol. The van der Waals surface area contributed by atoms with Crippen LogP contribution in [0.5, 0.6) is 0 Å². The second kappa shape index (κ2) is 4.79. The summed E-state index contributed by atoms with van der Waals surface area (Å²) in [5.74, 6) is 2.53. The van der Waals surface area contributed by atoms with Crippen LogP contribution in [0.1, 0.15) is 59.3 Å². The van der Waals surface area contributed by atoms with Crippen LogP contribution < -0.4 is 5.32 Å². The molecule has 0 aromatic heterocycles. The Balaban J connectivity index is 1.69. The SMILES string of the molecule is CC1CCC2(CC1)COC1CC(C)CC(C)C1N2. The maximum Gasteiger partial charge on any atom is 0.0734 e. The third kappa shape index (κ3) is 2.34. The van der Waals surface area contributed by atoms with Gasteiger partial charge in [0.1, 0.15) is 0 Å². The van der Waals surface area contributed by atoms with Crippen molar-refractivity contribution in [2.75, 3.05) is 6.61 Å². The third-order valence-corrected chi connectivity index (χ3v) is 5.70. The van der Waals surface area contributed by atoms with Gasteiger partial charge in [0.05, 0.1) is 12.7 Å². The molecule has 1 N–H and O–H groups in total. The van der Waals surface area contributed by atoms with Gasteiger partial charge in [-0.1, -0.05) is 20.8 Å². The molecule has 18 heavy (non-hydrogen) atoms. The molecule has 0 aromatic carbocycles. The monoisotopic (exact) mass is 251 g/mol. The molecule has 3 aliphatic rings. The van der Waals surface area contributed by atoms with E-state index in [0.29, 0.717) is 17.7 Å². The summed E-state index contributed by atoms with van der Waals surface area (Å²) in [5, 5.41) is 4.04. The van der Waals surface area contributed by atoms with Crippen LogP contribution in [0, 0.1) is 17.8 Å². The lowest BCUT2D eigenvalue weighted by atomic mass is 9.71. The molecule has 1 spiro atoms. The van der Waals surface area contributed by atoms with Crippen molar-refractivity contribution in [3.8, 4) is 0 Å². The Morgan fingerprint density at radius 1 is 1.00 bits per heavy atom. The number of ether oxygens (including phenoxy) is 1. The minimum atomic E-state index is 0.322. The topological polar surface area (TPSA) is 21.3 Å². The first-order valence-corrected chi connectivity index (χ1v) is 7.97. The van der Waals surface area contributed by atoms with Crippen LogP contribution >= 0.6 is 0 Å². The summed E-state index contributed by atoms with van der Waals surface area (Å²) in [6.07, 6.45) is 8.49. The molecule has 4 unspecified atom stereocenters. The highest BCUT2D eigenvalue weighted by molar-refractivity contribution is 5.02. The largest absolute Gasteiger partial charge is 0.375 e. The van der Waals surface area contributed by atoms with E-state index in [1.165, 1.54) is 38.5 Å². The zero-order chi connectivity index (χ0) is 12.8. The quantitative estimate of drug-likeness (QED) is 0.713. The molecule has 1 heterocycles. The molecule has 3 fully saturated rings. The Bertz CT molecular complexity index is 295. The maximum atomic E-state index is 6.29. The molecule has 104 valence electrons. The van der Waals surface area contributed by atoms with Gasteiger partial charge in [-0.2, -0.15) is 0 Å². The zero-order valence-electron chi connectivity index (χ0n) is 12.2. The molecule has 0 amide bonds. The summed E-state index contributed by atoms with van der Waals surface area (Å²) in [4.78, 5) is 0. The van der Waals surface area contributed by atoms with E-state index in [4.69, 9.17) is 4.74 Å². The van der Waals surface area contributed by atoms with E-state index in [2.05, 4.69) is 26.1 Å². The van der Waals surface area contributed by atoms with E-state index in [-0.39, 0.29) is 0 Å². The Morgan fingerprint density at radius 2 is 1.72 bits per heavy atom. The first-order valence-electron chi connectivity index (χ1n) is 7.97. The van der Waals surface area contributed by atoms with Gasteiger partial charge >= 0.3 is 0 Å². The van der Waals surface area contributed by atoms with Gasteiger partial charge in [0.25, 0.3) is 0 Å². The molecule has 2 saturated carbocycles. The van der Waals surface area contributed by atoms with Crippen molar-refractivity contribution in [3.05, 3.63) is 0 Å². The Morgan fingerprint density at radius 3 is 2.44 bits per heavy atom. The lowest BCUT2D eigenvalue weighted by Gasteiger charge is -2.53. The van der Waals surface area contributed by atoms with Gasteiger partial charge in [-0.05, 0) is 56.3 Å². The Kier molecular flexibility index (Phi) is 3.44. The predicted octanol–water partition coefficient (Wildman–Crippen LogP) is 3.36. The van der Waals surface area contributed by atoms with Gasteiger partial charge in [-0.25, -0.2) is 0 Å². The van der Waals surface area contributed by atoms with Crippen LogP contribution in [0.3, 0.4) is 0 Å². The fraction of sp³-hybridized carbons (Fsp3) is 1.00. The number of rotatable bonds is 0. The van der Waals surface area contributed by atoms with Crippen LogP contribution in [0.2, 0.25) is 0 Å². The van der Waals surface area contributed by atoms with Gasteiger partial charge in [-0.3, -0.25) is 0 Å². The third-order valence-electron chi connectivity index (χ3n) is 5.70. The van der Waals surface area contributed by atoms with Gasteiger partial charge in [0.2, 0.25) is 0 Å². The normalized spacial score (nSPS) is 53.2. The highest BCUT2D eigenvalue weighted by Gasteiger charge is 2.46. The lowest BCUT2D eigenvalue weighted by Crippen LogP contribution is -2.66. The van der Waals surface area contributed by atoms with E-state index >= 15 is 0 Å². The molecule has 4 atom stereocenters. The van der Waals surface area contributed by atoms with Gasteiger partial charge < -0.3 is 10.1 Å². The van der Waals surface area contributed by atoms with Crippen molar-refractivity contribution in [2.45, 2.75) is 77.0 Å². The highest BCUT2D eigenvalue weighted by atomic mass is 16.5. The standard InChI is InChI=1S/C16H29NO/c1-11-4-6-16(7-5-11)10-18-14-9-12(2)8-13(3)15(14)17-16/h11-15,17H,4-10H2,1-3H3. The Labute approximate surface area is 112 Å². The van der Waals surface area contributed by atoms with Crippen molar-refractivity contribution in [3.63, 3.8) is 0 Å². The second-order valence-electron chi connectivity index (χ2n) is 7.54. The van der Waals surface area contributed by atoms with Crippen molar-refractivity contribution < 1.29 is 4.74 Å². The maximum absolute atomic E-state index is 6.29. The molecule has 1 saturated heterocycles. The van der Waals surface area contributed by atoms with Crippen LogP contribution in [-0.4, -0.2) is 24.3 Å². The average molecular weight is 251 g/mol. The number of morpholine rings is 1. The number of hydrogen-bond donors (Lipinski definition) is 1. The Hall–Kier alpha value is -0.0800. The molecule has 0 radical (unpaired) electrons. The molecular formula is C16H29NO. The van der Waals surface area contributed by atoms with E-state index in [1.807, 2.05) is 0 Å². The molecule has 0 aromatic rings. The summed E-state index contributed by atoms with van der Waals surface area (Å²) in [6, 6.07) is 0.614. The minimum Gasteiger partial charge on any atom is -0.375 e. The van der Waals surface area contributed by atoms with Gasteiger partial charge in [0.15, 0.2) is 0 Å². The van der Waals surface area contributed by atoms with E-state index in [9.17, 15) is 0 Å². The van der Waals surface area contributed by atoms with Crippen LogP contribution in [-0.2, 0) is 4.74 Å². The summed E-state index contributed by atoms with van der Waals surface area (Å²) in [6.45, 7) is 8.14. The van der Waals surface area contributed by atoms with Crippen molar-refractivity contribution in [1.29, 1.82) is 0 Å². The van der Waals surface area contributed by atoms with E-state index in [1.54, 1.807) is 0 Å². The summed E-state index contributed by atoms with van der Waals surface area (Å²) in [5.41, 5.74) is 0.322. The van der Waals surface area contributed by atoms with Gasteiger partial charge in [-0.15, -0.1) is 0 Å². The van der Waals surface area contributed by atoms with E-state index in [0.717, 1.165) is 24.4 Å². The lowest BCUT2D eigenvalue weighted by molar-refractivity contribution is -0.111. The fourth-order valence-electron chi connectivity index (χ4n) is 4.46. The van der Waals surface area contributed by atoms with Crippen LogP contribution in [0.25, 0.3) is 0 Å². The zero-order valence-corrected chi connectivity index (χ0v) is 12.2. The molecular weight excluding hydrogens is 222 g/mol. The second-order valence-corrected chi connectivity index (χ2v) is 7.54. The number of nitrogens with one attached hydrogen (secondary N) is 1. The molecule has 2 nitrogen and oxygen atoms in total. The summed E-state index contributed by atoms with van der Waals surface area (Å²) in [7, 11) is 0. The smallest absolute Gasteiger partial charge is 0.0734 e. The van der Waals surface area contributed by atoms with Crippen molar-refractivity contribution in [1.82, 2.24) is 5.32 Å². The molecule has 3 rings (SSSR count). The minimum absolute atomic E-state index is 0.322. The molecule has 1 aliphatic heterocycles. The van der Waals surface area contributed by atoms with E-state index < -0.39 is 0 Å². The number of hydrogen-bond acceptors (Lipinski definition) is 2. The molecule has 0 bridgehead atoms.